The second kappa shape index (κ2) is 5.64. The third-order valence-corrected chi connectivity index (χ3v) is 5.35. The van der Waals surface area contributed by atoms with Gasteiger partial charge in [-0.1, -0.05) is 53.6 Å². The van der Waals surface area contributed by atoms with E-state index in [4.69, 9.17) is 11.6 Å². The van der Waals surface area contributed by atoms with Gasteiger partial charge in [0.1, 0.15) is 0 Å². The molecule has 0 radical (unpaired) electrons. The van der Waals surface area contributed by atoms with Crippen LogP contribution in [0.3, 0.4) is 0 Å². The Bertz CT molecular complexity index is 845. The first-order valence-corrected chi connectivity index (χ1v) is 8.40. The molecule has 122 valence electrons. The highest BCUT2D eigenvalue weighted by molar-refractivity contribution is 6.33. The molecule has 0 amide bonds. The van der Waals surface area contributed by atoms with Crippen molar-refractivity contribution in [3.63, 3.8) is 0 Å². The monoisotopic (exact) mass is 340 g/mol. The lowest BCUT2D eigenvalue weighted by atomic mass is 9.77. The molecule has 1 aliphatic heterocycles. The number of hydrogen-bond donors (Lipinski definition) is 1. The number of anilines is 1. The number of allylic oxidation sites excluding steroid dienone is 2. The van der Waals surface area contributed by atoms with Crippen LogP contribution >= 0.6 is 11.6 Å². The summed E-state index contributed by atoms with van der Waals surface area (Å²) in [6, 6.07) is 11.8. The van der Waals surface area contributed by atoms with E-state index in [0.29, 0.717) is 10.9 Å². The molecular formula is C19H17ClN2O2. The summed E-state index contributed by atoms with van der Waals surface area (Å²) in [4.78, 5) is 10.8. The second-order valence-corrected chi connectivity index (χ2v) is 6.94. The molecule has 1 aliphatic carbocycles. The van der Waals surface area contributed by atoms with Crippen LogP contribution in [0.2, 0.25) is 5.02 Å². The van der Waals surface area contributed by atoms with Gasteiger partial charge in [-0.25, -0.2) is 0 Å². The molecule has 0 fully saturated rings. The Morgan fingerprint density at radius 3 is 2.71 bits per heavy atom. The Labute approximate surface area is 145 Å². The van der Waals surface area contributed by atoms with Crippen molar-refractivity contribution in [3.05, 3.63) is 80.4 Å². The number of non-ortho nitro benzene ring substituents is 1. The molecule has 24 heavy (non-hydrogen) atoms. The van der Waals surface area contributed by atoms with Gasteiger partial charge in [0.25, 0.3) is 5.69 Å². The maximum atomic E-state index is 11.2. The predicted octanol–water partition coefficient (Wildman–Crippen LogP) is 5.38. The Balaban J connectivity index is 1.82. The van der Waals surface area contributed by atoms with Crippen LogP contribution in [0.5, 0.6) is 0 Å². The Kier molecular flexibility index (Phi) is 3.57. The molecule has 2 aliphatic rings. The zero-order valence-corrected chi connectivity index (χ0v) is 14.0. The van der Waals surface area contributed by atoms with E-state index in [-0.39, 0.29) is 22.6 Å². The smallest absolute Gasteiger partial charge is 0.271 e. The molecule has 0 saturated carbocycles. The molecular weight excluding hydrogens is 324 g/mol. The number of fused-ring (bicyclic) bond motifs is 3. The van der Waals surface area contributed by atoms with Crippen molar-refractivity contribution in [2.45, 2.75) is 25.3 Å². The van der Waals surface area contributed by atoms with Crippen LogP contribution in [-0.4, -0.2) is 4.92 Å². The number of nitrogens with one attached hydrogen (secondary N) is 1. The van der Waals surface area contributed by atoms with Crippen LogP contribution in [0.15, 0.2) is 48.6 Å². The van der Waals surface area contributed by atoms with E-state index in [1.807, 2.05) is 0 Å². The van der Waals surface area contributed by atoms with Gasteiger partial charge in [-0.15, -0.1) is 0 Å². The van der Waals surface area contributed by atoms with Gasteiger partial charge >= 0.3 is 0 Å². The van der Waals surface area contributed by atoms with Crippen molar-refractivity contribution < 1.29 is 4.92 Å². The van der Waals surface area contributed by atoms with Gasteiger partial charge in [-0.05, 0) is 30.4 Å². The first-order valence-electron chi connectivity index (χ1n) is 8.02. The van der Waals surface area contributed by atoms with Crippen molar-refractivity contribution in [3.8, 4) is 0 Å². The van der Waals surface area contributed by atoms with E-state index >= 15 is 0 Å². The average Bonchev–Trinajstić information content (AvgIpc) is 3.05. The van der Waals surface area contributed by atoms with Gasteiger partial charge in [0, 0.05) is 18.1 Å². The molecule has 1 heterocycles. The standard InChI is InChI=1S/C19H17ClN2O2/c1-11-5-7-12(8-6-11)18-15-4-2-3-14(15)16-9-13(22(23)24)10-17(20)19(16)21-18/h2-3,5-10,14-15,18,21H,4H2,1H3/t14-,15-,18-/m0/s1. The first-order chi connectivity index (χ1) is 11.5. The molecule has 0 saturated heterocycles. The fourth-order valence-electron chi connectivity index (χ4n) is 3.85. The van der Waals surface area contributed by atoms with E-state index in [1.54, 1.807) is 6.07 Å². The molecule has 4 rings (SSSR count). The summed E-state index contributed by atoms with van der Waals surface area (Å²) in [6.45, 7) is 2.07. The lowest BCUT2D eigenvalue weighted by Crippen LogP contribution is -2.29. The van der Waals surface area contributed by atoms with Crippen LogP contribution in [0, 0.1) is 23.0 Å². The van der Waals surface area contributed by atoms with E-state index < -0.39 is 0 Å². The number of nitrogens with zero attached hydrogens (tertiary/aromatic N) is 1. The minimum Gasteiger partial charge on any atom is -0.376 e. The SMILES string of the molecule is Cc1ccc([C@@H]2Nc3c(Cl)cc([N+](=O)[O-])cc3[C@H]3C=CC[C@@H]32)cc1. The highest BCUT2D eigenvalue weighted by Crippen LogP contribution is 2.52. The molecule has 0 spiro atoms. The van der Waals surface area contributed by atoms with Crippen molar-refractivity contribution in [1.82, 2.24) is 0 Å². The maximum absolute atomic E-state index is 11.2. The van der Waals surface area contributed by atoms with E-state index in [2.05, 4.69) is 48.7 Å². The van der Waals surface area contributed by atoms with Gasteiger partial charge < -0.3 is 5.32 Å². The summed E-state index contributed by atoms with van der Waals surface area (Å²) in [7, 11) is 0. The Morgan fingerprint density at radius 2 is 2.00 bits per heavy atom. The fourth-order valence-corrected chi connectivity index (χ4v) is 4.13. The molecule has 4 nitrogen and oxygen atoms in total. The quantitative estimate of drug-likeness (QED) is 0.453. The number of benzene rings is 2. The zero-order chi connectivity index (χ0) is 16.8. The third kappa shape index (κ3) is 2.38. The lowest BCUT2D eigenvalue weighted by Gasteiger charge is -2.37. The summed E-state index contributed by atoms with van der Waals surface area (Å²) in [6.07, 6.45) is 5.28. The number of nitro benzene ring substituents is 1. The van der Waals surface area contributed by atoms with Gasteiger partial charge in [-0.2, -0.15) is 0 Å². The first kappa shape index (κ1) is 15.2. The topological polar surface area (TPSA) is 55.2 Å². The molecule has 2 aromatic carbocycles. The highest BCUT2D eigenvalue weighted by Gasteiger charge is 2.39. The predicted molar refractivity (Wildman–Crippen MR) is 95.6 cm³/mol. The Hall–Kier alpha value is -2.33. The molecule has 2 aromatic rings. The minimum absolute atomic E-state index is 0.0494. The van der Waals surface area contributed by atoms with Gasteiger partial charge in [0.05, 0.1) is 21.7 Å². The lowest BCUT2D eigenvalue weighted by molar-refractivity contribution is -0.384. The summed E-state index contributed by atoms with van der Waals surface area (Å²) < 4.78 is 0. The second-order valence-electron chi connectivity index (χ2n) is 6.54. The number of aryl methyl sites for hydroxylation is 1. The van der Waals surface area contributed by atoms with Crippen LogP contribution in [0.4, 0.5) is 11.4 Å². The number of hydrogen-bond acceptors (Lipinski definition) is 3. The van der Waals surface area contributed by atoms with E-state index in [0.717, 1.165) is 17.7 Å². The molecule has 0 bridgehead atoms. The zero-order valence-electron chi connectivity index (χ0n) is 13.2. The van der Waals surface area contributed by atoms with E-state index in [1.165, 1.54) is 17.2 Å². The molecule has 5 heteroatoms. The normalized spacial score (nSPS) is 24.2. The number of rotatable bonds is 2. The summed E-state index contributed by atoms with van der Waals surface area (Å²) >= 11 is 6.37. The highest BCUT2D eigenvalue weighted by atomic mass is 35.5. The summed E-state index contributed by atoms with van der Waals surface area (Å²) in [5, 5.41) is 15.1. The van der Waals surface area contributed by atoms with Gasteiger partial charge in [0.15, 0.2) is 0 Å². The molecule has 0 unspecified atom stereocenters. The van der Waals surface area contributed by atoms with Gasteiger partial charge in [0.2, 0.25) is 0 Å². The number of halogens is 1. The average molecular weight is 341 g/mol. The van der Waals surface area contributed by atoms with Gasteiger partial charge in [-0.3, -0.25) is 10.1 Å². The van der Waals surface area contributed by atoms with Crippen molar-refractivity contribution >= 4 is 23.0 Å². The number of nitro groups is 1. The van der Waals surface area contributed by atoms with Crippen molar-refractivity contribution in [2.75, 3.05) is 5.32 Å². The van der Waals surface area contributed by atoms with Crippen LogP contribution < -0.4 is 5.32 Å². The minimum atomic E-state index is -0.383. The fraction of sp³-hybridized carbons (Fsp3) is 0.263. The molecule has 1 N–H and O–H groups in total. The largest absolute Gasteiger partial charge is 0.376 e. The van der Waals surface area contributed by atoms with Crippen molar-refractivity contribution in [1.29, 1.82) is 0 Å². The Morgan fingerprint density at radius 1 is 1.25 bits per heavy atom. The van der Waals surface area contributed by atoms with Crippen LogP contribution in [-0.2, 0) is 0 Å². The van der Waals surface area contributed by atoms with Crippen LogP contribution in [0.1, 0.15) is 35.1 Å². The summed E-state index contributed by atoms with van der Waals surface area (Å²) in [5.41, 5.74) is 4.24. The van der Waals surface area contributed by atoms with Crippen LogP contribution in [0.25, 0.3) is 0 Å². The molecule has 0 aromatic heterocycles. The summed E-state index contributed by atoms with van der Waals surface area (Å²) in [5.74, 6) is 0.503. The molecule has 3 atom stereocenters. The third-order valence-electron chi connectivity index (χ3n) is 5.05. The van der Waals surface area contributed by atoms with Crippen molar-refractivity contribution in [2.24, 2.45) is 5.92 Å². The maximum Gasteiger partial charge on any atom is 0.271 e. The van der Waals surface area contributed by atoms with E-state index in [9.17, 15) is 10.1 Å².